The molecule has 3 heteroatoms. The average molecular weight is 261 g/mol. The Bertz CT molecular complexity index is 202. The van der Waals surface area contributed by atoms with Gasteiger partial charge in [-0.2, -0.15) is 0 Å². The van der Waals surface area contributed by atoms with E-state index in [-0.39, 0.29) is 5.22 Å². The molecule has 0 aliphatic carbocycles. The molecule has 0 amide bonds. The zero-order chi connectivity index (χ0) is 13.0. The predicted octanol–water partition coefficient (Wildman–Crippen LogP) is 5.05. The Labute approximate surface area is 105 Å². The van der Waals surface area contributed by atoms with E-state index in [2.05, 4.69) is 53.5 Å². The van der Waals surface area contributed by atoms with Crippen molar-refractivity contribution in [1.82, 2.24) is 0 Å². The van der Waals surface area contributed by atoms with Crippen LogP contribution in [0.5, 0.6) is 0 Å². The topological polar surface area (TPSA) is 9.23 Å². The molecule has 0 bridgehead atoms. The van der Waals surface area contributed by atoms with Crippen molar-refractivity contribution in [3.63, 3.8) is 0 Å². The first-order valence-electron chi connectivity index (χ1n) is 6.84. The lowest BCUT2D eigenvalue weighted by molar-refractivity contribution is 0.124. The van der Waals surface area contributed by atoms with Gasteiger partial charge in [-0.15, -0.1) is 0 Å². The van der Waals surface area contributed by atoms with E-state index in [1.807, 2.05) is 0 Å². The number of hydrogen-bond donors (Lipinski definition) is 0. The monoisotopic (exact) mass is 260 g/mol. The van der Waals surface area contributed by atoms with Gasteiger partial charge in [0.2, 0.25) is 0 Å². The lowest BCUT2D eigenvalue weighted by Gasteiger charge is -2.47. The van der Waals surface area contributed by atoms with Crippen molar-refractivity contribution in [3.8, 4) is 0 Å². The van der Waals surface area contributed by atoms with Gasteiger partial charge in [0, 0.05) is 5.22 Å². The lowest BCUT2D eigenvalue weighted by Crippen LogP contribution is -2.58. The van der Waals surface area contributed by atoms with Crippen LogP contribution in [0.3, 0.4) is 0 Å². The van der Waals surface area contributed by atoms with Gasteiger partial charge in [0.05, 0.1) is 8.07 Å². The molecule has 0 aromatic rings. The van der Waals surface area contributed by atoms with Crippen molar-refractivity contribution in [3.05, 3.63) is 0 Å². The first-order valence-corrected chi connectivity index (χ1v) is 13.5. The van der Waals surface area contributed by atoms with Crippen LogP contribution in [0.1, 0.15) is 40.0 Å². The Balaban J connectivity index is 4.95. The zero-order valence-electron chi connectivity index (χ0n) is 12.7. The van der Waals surface area contributed by atoms with Crippen LogP contribution in [0.15, 0.2) is 0 Å². The minimum absolute atomic E-state index is 0.206. The summed E-state index contributed by atoms with van der Waals surface area (Å²) in [4.78, 5) is 0. The molecule has 0 unspecified atom stereocenters. The van der Waals surface area contributed by atoms with E-state index in [1.165, 1.54) is 25.3 Å². The summed E-state index contributed by atoms with van der Waals surface area (Å²) in [6.07, 6.45) is 3.62. The van der Waals surface area contributed by atoms with Crippen LogP contribution in [0, 0.1) is 0 Å². The summed E-state index contributed by atoms with van der Waals surface area (Å²) in [5.74, 6) is 0. The highest BCUT2D eigenvalue weighted by Crippen LogP contribution is 2.36. The van der Waals surface area contributed by atoms with Crippen molar-refractivity contribution in [2.45, 2.75) is 84.0 Å². The highest BCUT2D eigenvalue weighted by molar-refractivity contribution is 6.80. The quantitative estimate of drug-likeness (QED) is 0.582. The second-order valence-corrected chi connectivity index (χ2v) is 16.2. The van der Waals surface area contributed by atoms with Crippen molar-refractivity contribution >= 4 is 16.4 Å². The van der Waals surface area contributed by atoms with Gasteiger partial charge in [-0.1, -0.05) is 46.8 Å². The normalized spacial score (nSPS) is 14.2. The van der Waals surface area contributed by atoms with Crippen LogP contribution in [0.25, 0.3) is 0 Å². The highest BCUT2D eigenvalue weighted by Gasteiger charge is 2.44. The summed E-state index contributed by atoms with van der Waals surface area (Å²) in [6.45, 7) is 19.0. The molecule has 0 heterocycles. The fourth-order valence-corrected chi connectivity index (χ4v) is 9.62. The molecule has 0 radical (unpaired) electrons. The van der Waals surface area contributed by atoms with E-state index in [4.69, 9.17) is 4.43 Å². The predicted molar refractivity (Wildman–Crippen MR) is 80.3 cm³/mol. The van der Waals surface area contributed by atoms with Gasteiger partial charge in [-0.25, -0.2) is 0 Å². The Kier molecular flexibility index (Phi) is 5.97. The van der Waals surface area contributed by atoms with E-state index >= 15 is 0 Å². The van der Waals surface area contributed by atoms with Crippen LogP contribution < -0.4 is 0 Å². The minimum Gasteiger partial charge on any atom is -0.415 e. The molecule has 0 aliphatic heterocycles. The van der Waals surface area contributed by atoms with Gasteiger partial charge in [0.25, 0.3) is 0 Å². The van der Waals surface area contributed by atoms with Gasteiger partial charge >= 0.3 is 0 Å². The van der Waals surface area contributed by atoms with E-state index in [9.17, 15) is 0 Å². The first kappa shape index (κ1) is 16.4. The van der Waals surface area contributed by atoms with E-state index in [0.717, 1.165) is 0 Å². The average Bonchev–Trinajstić information content (AvgIpc) is 2.12. The molecule has 16 heavy (non-hydrogen) atoms. The maximum Gasteiger partial charge on any atom is 0.187 e. The summed E-state index contributed by atoms with van der Waals surface area (Å²) in [7, 11) is -2.72. The van der Waals surface area contributed by atoms with Crippen molar-refractivity contribution in [2.75, 3.05) is 0 Å². The fourth-order valence-electron chi connectivity index (χ4n) is 2.79. The Morgan fingerprint density at radius 2 is 1.31 bits per heavy atom. The van der Waals surface area contributed by atoms with Crippen LogP contribution in [0.2, 0.25) is 38.8 Å². The number of hydrogen-bond acceptors (Lipinski definition) is 1. The molecule has 0 spiro atoms. The SMILES string of the molecule is CCC[Si](C)(C)OC(CC)(CC)[Si](C)(C)C. The maximum absolute atomic E-state index is 6.73. The Hall–Kier alpha value is 0.394. The third-order valence-corrected chi connectivity index (χ3v) is 10.2. The van der Waals surface area contributed by atoms with Gasteiger partial charge < -0.3 is 4.43 Å². The Morgan fingerprint density at radius 1 is 0.875 bits per heavy atom. The lowest BCUT2D eigenvalue weighted by atomic mass is 10.2. The van der Waals surface area contributed by atoms with Crippen molar-refractivity contribution in [1.29, 1.82) is 0 Å². The third kappa shape index (κ3) is 4.00. The van der Waals surface area contributed by atoms with E-state index < -0.39 is 16.4 Å². The highest BCUT2D eigenvalue weighted by atomic mass is 28.4. The van der Waals surface area contributed by atoms with Crippen molar-refractivity contribution in [2.24, 2.45) is 0 Å². The summed E-state index contributed by atoms with van der Waals surface area (Å²) in [6, 6.07) is 1.29. The molecule has 0 aromatic heterocycles. The number of rotatable bonds is 7. The zero-order valence-corrected chi connectivity index (χ0v) is 14.7. The first-order chi connectivity index (χ1) is 7.14. The molecular formula is C13H32OSi2. The molecule has 0 fully saturated rings. The summed E-state index contributed by atoms with van der Waals surface area (Å²) in [5, 5.41) is 0.206. The summed E-state index contributed by atoms with van der Waals surface area (Å²) in [5.41, 5.74) is 0. The van der Waals surface area contributed by atoms with Gasteiger partial charge in [0.15, 0.2) is 8.32 Å². The molecule has 0 rings (SSSR count). The van der Waals surface area contributed by atoms with Crippen LogP contribution in [-0.4, -0.2) is 21.6 Å². The molecular weight excluding hydrogens is 228 g/mol. The molecule has 0 saturated carbocycles. The third-order valence-electron chi connectivity index (χ3n) is 3.83. The smallest absolute Gasteiger partial charge is 0.187 e. The summed E-state index contributed by atoms with van der Waals surface area (Å²) < 4.78 is 6.73. The largest absolute Gasteiger partial charge is 0.415 e. The second-order valence-electron chi connectivity index (χ2n) is 6.56. The van der Waals surface area contributed by atoms with Gasteiger partial charge in [-0.3, -0.25) is 0 Å². The minimum atomic E-state index is -1.46. The van der Waals surface area contributed by atoms with Crippen LogP contribution >= 0.6 is 0 Å². The molecule has 0 atom stereocenters. The van der Waals surface area contributed by atoms with Crippen molar-refractivity contribution < 1.29 is 4.43 Å². The second kappa shape index (κ2) is 5.83. The van der Waals surface area contributed by atoms with Crippen LogP contribution in [-0.2, 0) is 4.43 Å². The van der Waals surface area contributed by atoms with E-state index in [1.54, 1.807) is 0 Å². The molecule has 0 N–H and O–H groups in total. The molecule has 0 aromatic carbocycles. The maximum atomic E-state index is 6.73. The Morgan fingerprint density at radius 3 is 1.56 bits per heavy atom. The molecule has 1 nitrogen and oxygen atoms in total. The summed E-state index contributed by atoms with van der Waals surface area (Å²) >= 11 is 0. The van der Waals surface area contributed by atoms with Gasteiger partial charge in [0.1, 0.15) is 0 Å². The fraction of sp³-hybridized carbons (Fsp3) is 1.00. The molecule has 0 saturated heterocycles. The van der Waals surface area contributed by atoms with Crippen LogP contribution in [0.4, 0.5) is 0 Å². The molecule has 98 valence electrons. The standard InChI is InChI=1S/C13H32OSi2/c1-9-12-16(7,8)14-13(10-2,11-3)15(4,5)6/h9-12H2,1-8H3. The van der Waals surface area contributed by atoms with E-state index in [0.29, 0.717) is 0 Å². The molecule has 0 aliphatic rings. The van der Waals surface area contributed by atoms with Gasteiger partial charge in [-0.05, 0) is 32.0 Å².